The van der Waals surface area contributed by atoms with E-state index >= 15 is 0 Å². The molecule has 0 aliphatic carbocycles. The molecule has 0 N–H and O–H groups in total. The molecule has 2 aliphatic heterocycles. The molecule has 7 aromatic carbocycles. The highest BCUT2D eigenvalue weighted by molar-refractivity contribution is 6.43. The minimum Gasteiger partial charge on any atom is -0.456 e. The van der Waals surface area contributed by atoms with Crippen LogP contribution in [-0.4, -0.2) is 46.5 Å². The molecule has 0 spiro atoms. The monoisotopic (exact) mass is 910 g/mol. The Morgan fingerprint density at radius 2 is 0.735 bits per heavy atom. The normalized spacial score (nSPS) is 14.7. The van der Waals surface area contributed by atoms with Crippen LogP contribution in [0.2, 0.25) is 0 Å². The molecule has 0 saturated heterocycles. The molecule has 0 bridgehead atoms. The van der Waals surface area contributed by atoms with E-state index in [2.05, 4.69) is 107 Å². The van der Waals surface area contributed by atoms with E-state index in [0.717, 1.165) is 34.7 Å². The molecule has 0 unspecified atom stereocenters. The molecule has 0 fully saturated rings. The first-order chi connectivity index (χ1) is 31.9. The van der Waals surface area contributed by atoms with E-state index in [1.165, 1.54) is 20.9 Å². The quantitative estimate of drug-likeness (QED) is 0.0771. The van der Waals surface area contributed by atoms with Gasteiger partial charge < -0.3 is 9.47 Å². The third-order valence-corrected chi connectivity index (χ3v) is 14.2. The number of benzene rings is 7. The van der Waals surface area contributed by atoms with Gasteiger partial charge in [0.2, 0.25) is 0 Å². The van der Waals surface area contributed by atoms with E-state index in [-0.39, 0.29) is 45.3 Å². The van der Waals surface area contributed by atoms with Crippen LogP contribution < -0.4 is 9.47 Å². The Balaban J connectivity index is 1.44. The fourth-order valence-corrected chi connectivity index (χ4v) is 10.3. The number of carbonyl (C=O) groups is 4. The van der Waals surface area contributed by atoms with Crippen LogP contribution in [-0.2, 0) is 21.7 Å². The molecule has 7 aromatic rings. The van der Waals surface area contributed by atoms with Crippen LogP contribution in [0.3, 0.4) is 0 Å². The van der Waals surface area contributed by atoms with Crippen molar-refractivity contribution in [1.29, 1.82) is 0 Å². The number of ether oxygens (including phenoxy) is 2. The molecular weight excluding hydrogens is 845 g/mol. The van der Waals surface area contributed by atoms with Gasteiger partial charge in [-0.15, -0.1) is 0 Å². The second kappa shape index (κ2) is 16.2. The van der Waals surface area contributed by atoms with Gasteiger partial charge >= 0.3 is 0 Å². The number of hydrogen-bond donors (Lipinski definition) is 0. The zero-order valence-electron chi connectivity index (χ0n) is 42.5. The van der Waals surface area contributed by atoms with E-state index in [1.54, 1.807) is 0 Å². The highest BCUT2D eigenvalue weighted by Gasteiger charge is 2.39. The summed E-state index contributed by atoms with van der Waals surface area (Å²) in [5.41, 5.74) is 5.11. The zero-order valence-corrected chi connectivity index (χ0v) is 42.5. The lowest BCUT2D eigenvalue weighted by Crippen LogP contribution is -2.41. The molecular formula is C60H66N2O6. The van der Waals surface area contributed by atoms with Crippen molar-refractivity contribution in [3.05, 3.63) is 117 Å². The number of unbranched alkanes of at least 4 members (excludes halogenated alkanes) is 2. The van der Waals surface area contributed by atoms with Gasteiger partial charge in [0.05, 0.1) is 11.1 Å². The number of fused-ring (bicyclic) bond motifs is 2. The Morgan fingerprint density at radius 3 is 1.06 bits per heavy atom. The summed E-state index contributed by atoms with van der Waals surface area (Å²) in [6.07, 6.45) is 2.98. The summed E-state index contributed by atoms with van der Waals surface area (Å²) in [6.45, 7) is 30.9. The molecule has 2 heterocycles. The fourth-order valence-electron chi connectivity index (χ4n) is 10.3. The summed E-state index contributed by atoms with van der Waals surface area (Å²) in [5.74, 6) is 0.781. The molecule has 0 radical (unpaired) electrons. The minimum absolute atomic E-state index is 0.118. The first-order valence-corrected chi connectivity index (χ1v) is 24.5. The topological polar surface area (TPSA) is 93.2 Å². The lowest BCUT2D eigenvalue weighted by Gasteiger charge is -2.32. The van der Waals surface area contributed by atoms with Crippen LogP contribution in [0.1, 0.15) is 186 Å². The summed E-state index contributed by atoms with van der Waals surface area (Å²) < 4.78 is 14.5. The standard InChI is InChI=1S/C60H66N2O6/c1-15-17-27-61-53(63)37-23-21-35-50-46(68-44-26-20-34(58(6,7)8)30-42(44)60(12,13)14)32-40-48-38(54(64)62(56(40)66)28-18-16-2)24-22-36(52(48)50)49-45(31-39(55(61)65)47(37)51(35)49)67-43-25-19-33(57(3,4)5)29-41(43)59(9,10)11/h19-26,29-32H,15-18,27-28H2,1-14H3. The first kappa shape index (κ1) is 46.8. The summed E-state index contributed by atoms with van der Waals surface area (Å²) in [7, 11) is 0. The van der Waals surface area contributed by atoms with Crippen molar-refractivity contribution >= 4 is 66.7 Å². The van der Waals surface area contributed by atoms with Gasteiger partial charge in [-0.05, 0) is 92.8 Å². The fraction of sp³-hybridized carbons (Fsp3) is 0.400. The smallest absolute Gasteiger partial charge is 0.261 e. The molecule has 0 atom stereocenters. The predicted octanol–water partition coefficient (Wildman–Crippen LogP) is 15.3. The van der Waals surface area contributed by atoms with E-state index in [0.29, 0.717) is 104 Å². The average molecular weight is 911 g/mol. The molecule has 4 amide bonds. The van der Waals surface area contributed by atoms with Crippen molar-refractivity contribution in [3.8, 4) is 23.0 Å². The number of amides is 4. The maximum absolute atomic E-state index is 14.9. The number of carbonyl (C=O) groups excluding carboxylic acids is 4. The maximum atomic E-state index is 14.9. The lowest BCUT2D eigenvalue weighted by atomic mass is 9.80. The predicted molar refractivity (Wildman–Crippen MR) is 276 cm³/mol. The van der Waals surface area contributed by atoms with Crippen molar-refractivity contribution in [2.45, 2.75) is 144 Å². The molecule has 0 aromatic heterocycles. The highest BCUT2D eigenvalue weighted by Crippen LogP contribution is 2.54. The van der Waals surface area contributed by atoms with Crippen molar-refractivity contribution < 1.29 is 28.7 Å². The molecule has 8 heteroatoms. The third kappa shape index (κ3) is 7.50. The van der Waals surface area contributed by atoms with Gasteiger partial charge in [-0.2, -0.15) is 0 Å². The Bertz CT molecular complexity index is 3050. The first-order valence-electron chi connectivity index (χ1n) is 24.5. The van der Waals surface area contributed by atoms with Crippen LogP contribution >= 0.6 is 0 Å². The molecule has 68 heavy (non-hydrogen) atoms. The summed E-state index contributed by atoms with van der Waals surface area (Å²) in [6, 6.07) is 23.9. The molecule has 352 valence electrons. The minimum atomic E-state index is -0.367. The van der Waals surface area contributed by atoms with E-state index in [1.807, 2.05) is 62.4 Å². The van der Waals surface area contributed by atoms with Gasteiger partial charge in [-0.25, -0.2) is 0 Å². The molecule has 2 aliphatic rings. The largest absolute Gasteiger partial charge is 0.456 e. The van der Waals surface area contributed by atoms with Crippen LogP contribution in [0.15, 0.2) is 72.8 Å². The maximum Gasteiger partial charge on any atom is 0.261 e. The number of nitrogens with zero attached hydrogens (tertiary/aromatic N) is 2. The van der Waals surface area contributed by atoms with Gasteiger partial charge in [0.15, 0.2) is 0 Å². The molecule has 0 saturated carbocycles. The van der Waals surface area contributed by atoms with Crippen molar-refractivity contribution in [3.63, 3.8) is 0 Å². The zero-order chi connectivity index (χ0) is 49.2. The van der Waals surface area contributed by atoms with Crippen molar-refractivity contribution in [2.24, 2.45) is 0 Å². The Kier molecular flexibility index (Phi) is 11.1. The van der Waals surface area contributed by atoms with Gasteiger partial charge in [0.1, 0.15) is 23.0 Å². The average Bonchev–Trinajstić information content (AvgIpc) is 3.26. The van der Waals surface area contributed by atoms with Crippen LogP contribution in [0.5, 0.6) is 23.0 Å². The van der Waals surface area contributed by atoms with Crippen molar-refractivity contribution in [1.82, 2.24) is 9.80 Å². The number of hydrogen-bond acceptors (Lipinski definition) is 6. The van der Waals surface area contributed by atoms with Crippen LogP contribution in [0.4, 0.5) is 0 Å². The SMILES string of the molecule is CCCCN1C(=O)c2ccc3c4c(Oc5ccc(C(C)(C)C)cc5C(C)(C)C)cc5c6c(ccc(c7c(Oc8ccc(C(C)(C)C)cc8C(C)(C)C)cc(c2c37)C1=O)c64)C(=O)N(CCCC)C5=O. The summed E-state index contributed by atoms with van der Waals surface area (Å²) in [5, 5.41) is 5.29. The summed E-state index contributed by atoms with van der Waals surface area (Å²) in [4.78, 5) is 61.6. The third-order valence-electron chi connectivity index (χ3n) is 14.2. The lowest BCUT2D eigenvalue weighted by molar-refractivity contribution is 0.0593. The van der Waals surface area contributed by atoms with E-state index in [4.69, 9.17) is 9.47 Å². The Labute approximate surface area is 401 Å². The second-order valence-corrected chi connectivity index (χ2v) is 23.3. The highest BCUT2D eigenvalue weighted by atomic mass is 16.5. The van der Waals surface area contributed by atoms with Gasteiger partial charge in [0.25, 0.3) is 23.6 Å². The van der Waals surface area contributed by atoms with Crippen molar-refractivity contribution in [2.75, 3.05) is 13.1 Å². The van der Waals surface area contributed by atoms with Gasteiger partial charge in [0, 0.05) is 67.7 Å². The number of rotatable bonds is 10. The van der Waals surface area contributed by atoms with Crippen LogP contribution in [0.25, 0.3) is 43.1 Å². The van der Waals surface area contributed by atoms with E-state index in [9.17, 15) is 19.2 Å². The van der Waals surface area contributed by atoms with Gasteiger partial charge in [-0.3, -0.25) is 29.0 Å². The molecule has 8 nitrogen and oxygen atoms in total. The van der Waals surface area contributed by atoms with Gasteiger partial charge in [-0.1, -0.05) is 146 Å². The van der Waals surface area contributed by atoms with E-state index < -0.39 is 0 Å². The Hall–Kier alpha value is -6.28. The Morgan fingerprint density at radius 1 is 0.382 bits per heavy atom. The number of imide groups is 2. The second-order valence-electron chi connectivity index (χ2n) is 23.3. The summed E-state index contributed by atoms with van der Waals surface area (Å²) >= 11 is 0. The van der Waals surface area contributed by atoms with Crippen LogP contribution in [0, 0.1) is 0 Å². The molecule has 9 rings (SSSR count).